The summed E-state index contributed by atoms with van der Waals surface area (Å²) in [7, 11) is 0. The number of hydrogen-bond donors (Lipinski definition) is 1. The smallest absolute Gasteiger partial charge is 0.337 e. The highest BCUT2D eigenvalue weighted by molar-refractivity contribution is 5.93. The molecule has 0 saturated carbocycles. The molecule has 1 N–H and O–H groups in total. The summed E-state index contributed by atoms with van der Waals surface area (Å²) in [5, 5.41) is 9.28. The average molecular weight is 239 g/mol. The van der Waals surface area contributed by atoms with Crippen LogP contribution in [0.15, 0.2) is 30.3 Å². The second-order valence-corrected chi connectivity index (χ2v) is 4.10. The highest BCUT2D eigenvalue weighted by Gasteiger charge is 2.17. The zero-order valence-electron chi connectivity index (χ0n) is 10.3. The summed E-state index contributed by atoms with van der Waals surface area (Å²) in [4.78, 5) is 11.3. The van der Waals surface area contributed by atoms with Crippen molar-refractivity contribution in [2.45, 2.75) is 13.8 Å². The summed E-state index contributed by atoms with van der Waals surface area (Å²) in [5.74, 6) is 1.57. The van der Waals surface area contributed by atoms with Crippen LogP contribution in [0, 0.1) is 26.2 Å². The molecule has 0 atom stereocenters. The van der Waals surface area contributed by atoms with Gasteiger partial charge in [-0.15, -0.1) is 6.42 Å². The molecule has 0 aliphatic heterocycles. The zero-order chi connectivity index (χ0) is 13.3. The van der Waals surface area contributed by atoms with Gasteiger partial charge in [-0.2, -0.15) is 0 Å². The van der Waals surface area contributed by atoms with E-state index >= 15 is 0 Å². The highest BCUT2D eigenvalue weighted by Crippen LogP contribution is 2.24. The van der Waals surface area contributed by atoms with Crippen LogP contribution in [-0.2, 0) is 0 Å². The fraction of sp³-hybridized carbons (Fsp3) is 0.133. The Balaban J connectivity index is 2.85. The third-order valence-corrected chi connectivity index (χ3v) is 2.92. The number of aryl methyl sites for hydroxylation is 2. The predicted octanol–water partition coefficient (Wildman–Crippen LogP) is 2.77. The van der Waals surface area contributed by atoms with Crippen molar-refractivity contribution in [1.82, 2.24) is 4.57 Å². The van der Waals surface area contributed by atoms with Crippen LogP contribution in [-0.4, -0.2) is 15.6 Å². The first kappa shape index (κ1) is 12.0. The Morgan fingerprint density at radius 3 is 2.33 bits per heavy atom. The number of aromatic nitrogens is 1. The SMILES string of the molecule is C#Cc1cccc(C(=O)O)c1-n1c(C)ccc1C. The number of rotatable bonds is 2. The summed E-state index contributed by atoms with van der Waals surface area (Å²) >= 11 is 0. The van der Waals surface area contributed by atoms with E-state index in [1.54, 1.807) is 18.2 Å². The Morgan fingerprint density at radius 1 is 1.22 bits per heavy atom. The van der Waals surface area contributed by atoms with Gasteiger partial charge in [0.1, 0.15) is 0 Å². The van der Waals surface area contributed by atoms with Gasteiger partial charge < -0.3 is 9.67 Å². The van der Waals surface area contributed by atoms with Crippen molar-refractivity contribution in [3.8, 4) is 18.0 Å². The molecule has 0 bridgehead atoms. The molecule has 90 valence electrons. The molecule has 18 heavy (non-hydrogen) atoms. The van der Waals surface area contributed by atoms with Crippen LogP contribution in [0.2, 0.25) is 0 Å². The Kier molecular flexibility index (Phi) is 2.95. The maximum absolute atomic E-state index is 11.3. The highest BCUT2D eigenvalue weighted by atomic mass is 16.4. The summed E-state index contributed by atoms with van der Waals surface area (Å²) in [6.07, 6.45) is 5.47. The number of benzene rings is 1. The summed E-state index contributed by atoms with van der Waals surface area (Å²) in [6.45, 7) is 3.85. The molecule has 2 aromatic rings. The summed E-state index contributed by atoms with van der Waals surface area (Å²) in [5.41, 5.74) is 3.27. The first-order chi connectivity index (χ1) is 8.56. The van der Waals surface area contributed by atoms with Gasteiger partial charge in [0.2, 0.25) is 0 Å². The molecule has 1 aromatic heterocycles. The van der Waals surface area contributed by atoms with E-state index < -0.39 is 5.97 Å². The number of carbonyl (C=O) groups is 1. The summed E-state index contributed by atoms with van der Waals surface area (Å²) < 4.78 is 1.87. The lowest BCUT2D eigenvalue weighted by molar-refractivity contribution is 0.0697. The van der Waals surface area contributed by atoms with Crippen molar-refractivity contribution >= 4 is 5.97 Å². The van der Waals surface area contributed by atoms with Crippen molar-refractivity contribution in [1.29, 1.82) is 0 Å². The van der Waals surface area contributed by atoms with Crippen LogP contribution in [0.4, 0.5) is 0 Å². The zero-order valence-corrected chi connectivity index (χ0v) is 10.3. The molecular weight excluding hydrogens is 226 g/mol. The van der Waals surface area contributed by atoms with E-state index in [4.69, 9.17) is 6.42 Å². The lowest BCUT2D eigenvalue weighted by Crippen LogP contribution is -2.09. The molecule has 3 heteroatoms. The maximum atomic E-state index is 11.3. The number of terminal acetylenes is 1. The second-order valence-electron chi connectivity index (χ2n) is 4.10. The van der Waals surface area contributed by atoms with E-state index in [0.717, 1.165) is 11.4 Å². The number of hydrogen-bond acceptors (Lipinski definition) is 1. The van der Waals surface area contributed by atoms with E-state index in [-0.39, 0.29) is 5.56 Å². The monoisotopic (exact) mass is 239 g/mol. The fourth-order valence-corrected chi connectivity index (χ4v) is 2.09. The predicted molar refractivity (Wildman–Crippen MR) is 70.1 cm³/mol. The number of aromatic carboxylic acids is 1. The maximum Gasteiger partial charge on any atom is 0.337 e. The molecule has 1 heterocycles. The van der Waals surface area contributed by atoms with Gasteiger partial charge in [-0.1, -0.05) is 12.0 Å². The van der Waals surface area contributed by atoms with E-state index in [1.807, 2.05) is 30.5 Å². The van der Waals surface area contributed by atoms with Gasteiger partial charge in [0.15, 0.2) is 0 Å². The summed E-state index contributed by atoms with van der Waals surface area (Å²) in [6, 6.07) is 8.86. The van der Waals surface area contributed by atoms with Gasteiger partial charge in [0.25, 0.3) is 0 Å². The first-order valence-electron chi connectivity index (χ1n) is 5.54. The fourth-order valence-electron chi connectivity index (χ4n) is 2.09. The number of nitrogens with zero attached hydrogens (tertiary/aromatic N) is 1. The normalized spacial score (nSPS) is 10.1. The molecule has 0 saturated heterocycles. The molecule has 2 rings (SSSR count). The van der Waals surface area contributed by atoms with Crippen LogP contribution in [0.1, 0.15) is 27.3 Å². The second kappa shape index (κ2) is 4.42. The van der Waals surface area contributed by atoms with Crippen molar-refractivity contribution < 1.29 is 9.90 Å². The first-order valence-corrected chi connectivity index (χ1v) is 5.54. The van der Waals surface area contributed by atoms with Gasteiger partial charge in [0, 0.05) is 17.0 Å². The molecule has 0 fully saturated rings. The van der Waals surface area contributed by atoms with Crippen LogP contribution in [0.5, 0.6) is 0 Å². The van der Waals surface area contributed by atoms with Crippen LogP contribution >= 0.6 is 0 Å². The largest absolute Gasteiger partial charge is 0.478 e. The molecule has 0 amide bonds. The number of para-hydroxylation sites is 1. The van der Waals surface area contributed by atoms with Gasteiger partial charge in [0.05, 0.1) is 11.3 Å². The van der Waals surface area contributed by atoms with Gasteiger partial charge >= 0.3 is 5.97 Å². The van der Waals surface area contributed by atoms with Gasteiger partial charge in [-0.3, -0.25) is 0 Å². The molecule has 0 radical (unpaired) electrons. The minimum absolute atomic E-state index is 0.216. The minimum atomic E-state index is -0.977. The minimum Gasteiger partial charge on any atom is -0.478 e. The van der Waals surface area contributed by atoms with Crippen LogP contribution < -0.4 is 0 Å². The molecule has 1 aromatic carbocycles. The van der Waals surface area contributed by atoms with Crippen molar-refractivity contribution in [2.24, 2.45) is 0 Å². The van der Waals surface area contributed by atoms with E-state index in [0.29, 0.717) is 11.3 Å². The van der Waals surface area contributed by atoms with Crippen molar-refractivity contribution in [3.63, 3.8) is 0 Å². The van der Waals surface area contributed by atoms with E-state index in [2.05, 4.69) is 5.92 Å². The lowest BCUT2D eigenvalue weighted by atomic mass is 10.1. The quantitative estimate of drug-likeness (QED) is 0.819. The lowest BCUT2D eigenvalue weighted by Gasteiger charge is -2.14. The third-order valence-electron chi connectivity index (χ3n) is 2.92. The topological polar surface area (TPSA) is 42.2 Å². The Morgan fingerprint density at radius 2 is 1.83 bits per heavy atom. The standard InChI is InChI=1S/C15H13NO2/c1-4-12-6-5-7-13(15(17)18)14(12)16-10(2)8-9-11(16)3/h1,5-9H,2-3H3,(H,17,18). The van der Waals surface area contributed by atoms with Gasteiger partial charge in [-0.05, 0) is 38.1 Å². The van der Waals surface area contributed by atoms with E-state index in [9.17, 15) is 9.90 Å². The Hall–Kier alpha value is -2.47. The Labute approximate surface area is 106 Å². The van der Waals surface area contributed by atoms with Crippen LogP contribution in [0.3, 0.4) is 0 Å². The Bertz CT molecular complexity index is 640. The third kappa shape index (κ3) is 1.78. The molecule has 0 spiro atoms. The van der Waals surface area contributed by atoms with E-state index in [1.165, 1.54) is 0 Å². The number of carboxylic acids is 1. The molecule has 3 nitrogen and oxygen atoms in total. The van der Waals surface area contributed by atoms with Crippen LogP contribution in [0.25, 0.3) is 5.69 Å². The van der Waals surface area contributed by atoms with Crippen molar-refractivity contribution in [2.75, 3.05) is 0 Å². The number of carboxylic acid groups (broad SMARTS) is 1. The van der Waals surface area contributed by atoms with Crippen molar-refractivity contribution in [3.05, 3.63) is 52.8 Å². The average Bonchev–Trinajstić information content (AvgIpc) is 2.68. The van der Waals surface area contributed by atoms with Gasteiger partial charge in [-0.25, -0.2) is 4.79 Å². The molecular formula is C15H13NO2. The molecule has 0 aliphatic carbocycles. The molecule has 0 unspecified atom stereocenters. The molecule has 0 aliphatic rings.